The third-order valence-electron chi connectivity index (χ3n) is 6.67. The number of carbonyl (C=O) groups excluding carboxylic acids is 1. The number of hydrogen-bond acceptors (Lipinski definition) is 5. The van der Waals surface area contributed by atoms with Gasteiger partial charge in [-0.25, -0.2) is 9.97 Å². The van der Waals surface area contributed by atoms with Gasteiger partial charge in [0.15, 0.2) is 0 Å². The van der Waals surface area contributed by atoms with Gasteiger partial charge in [-0.15, -0.1) is 0 Å². The van der Waals surface area contributed by atoms with Crippen molar-refractivity contribution in [3.63, 3.8) is 0 Å². The Balaban J connectivity index is 1.32. The lowest BCUT2D eigenvalue weighted by Gasteiger charge is -2.23. The van der Waals surface area contributed by atoms with Crippen LogP contribution in [0.25, 0.3) is 11.3 Å². The largest absolute Gasteiger partial charge is 0.417 e. The van der Waals surface area contributed by atoms with Crippen LogP contribution in [0.3, 0.4) is 0 Å². The van der Waals surface area contributed by atoms with Crippen LogP contribution in [0.1, 0.15) is 27.3 Å². The summed E-state index contributed by atoms with van der Waals surface area (Å²) in [7, 11) is 0. The molecule has 0 aromatic carbocycles. The van der Waals surface area contributed by atoms with E-state index in [9.17, 15) is 18.0 Å². The Morgan fingerprint density at radius 2 is 1.71 bits per heavy atom. The van der Waals surface area contributed by atoms with Crippen molar-refractivity contribution in [3.05, 3.63) is 71.3 Å². The number of aromatic nitrogens is 3. The molecule has 1 amide bonds. The number of aryl methyl sites for hydroxylation is 2. The molecule has 34 heavy (non-hydrogen) atoms. The smallest absolute Gasteiger partial charge is 0.356 e. The third kappa shape index (κ3) is 4.10. The van der Waals surface area contributed by atoms with Crippen LogP contribution in [0.4, 0.5) is 19.0 Å². The van der Waals surface area contributed by atoms with Crippen LogP contribution in [0.2, 0.25) is 0 Å². The van der Waals surface area contributed by atoms with Gasteiger partial charge in [0.05, 0.1) is 11.3 Å². The highest BCUT2D eigenvalue weighted by atomic mass is 19.4. The molecule has 3 aromatic rings. The summed E-state index contributed by atoms with van der Waals surface area (Å²) in [6.07, 6.45) is -1.81. The molecular formula is C25H24F3N5O. The van der Waals surface area contributed by atoms with E-state index in [1.54, 1.807) is 6.20 Å². The normalized spacial score (nSPS) is 20.0. The lowest BCUT2D eigenvalue weighted by molar-refractivity contribution is -0.137. The second kappa shape index (κ2) is 8.38. The summed E-state index contributed by atoms with van der Waals surface area (Å²) in [4.78, 5) is 30.4. The third-order valence-corrected chi connectivity index (χ3v) is 6.67. The molecule has 0 N–H and O–H groups in total. The Bertz CT molecular complexity index is 1210. The van der Waals surface area contributed by atoms with E-state index in [0.29, 0.717) is 37.7 Å². The van der Waals surface area contributed by atoms with Crippen LogP contribution in [0, 0.1) is 25.7 Å². The van der Waals surface area contributed by atoms with Gasteiger partial charge in [0.1, 0.15) is 11.5 Å². The number of halogens is 3. The van der Waals surface area contributed by atoms with E-state index in [1.165, 1.54) is 6.07 Å². The molecule has 5 heterocycles. The summed E-state index contributed by atoms with van der Waals surface area (Å²) in [6, 6.07) is 10.1. The Hall–Kier alpha value is -3.49. The van der Waals surface area contributed by atoms with Gasteiger partial charge >= 0.3 is 6.18 Å². The average molecular weight is 467 g/mol. The first-order chi connectivity index (χ1) is 16.2. The number of pyridine rings is 3. The van der Waals surface area contributed by atoms with Gasteiger partial charge < -0.3 is 9.80 Å². The summed E-state index contributed by atoms with van der Waals surface area (Å²) in [5, 5.41) is 0. The summed E-state index contributed by atoms with van der Waals surface area (Å²) < 4.78 is 38.5. The maximum absolute atomic E-state index is 13.5. The number of nitrogens with zero attached hydrogens (tertiary/aromatic N) is 5. The van der Waals surface area contributed by atoms with Gasteiger partial charge in [-0.1, -0.05) is 6.07 Å². The molecule has 2 atom stereocenters. The van der Waals surface area contributed by atoms with Gasteiger partial charge in [-0.2, -0.15) is 13.2 Å². The molecule has 2 saturated heterocycles. The van der Waals surface area contributed by atoms with E-state index >= 15 is 0 Å². The Morgan fingerprint density at radius 1 is 0.971 bits per heavy atom. The number of likely N-dealkylation sites (tertiary alicyclic amines) is 1. The number of amides is 1. The molecule has 2 aliphatic rings. The molecule has 2 aliphatic heterocycles. The molecule has 176 valence electrons. The lowest BCUT2D eigenvalue weighted by Crippen LogP contribution is -2.34. The zero-order valence-electron chi connectivity index (χ0n) is 18.9. The molecule has 2 unspecified atom stereocenters. The fourth-order valence-electron chi connectivity index (χ4n) is 4.92. The minimum atomic E-state index is -4.40. The van der Waals surface area contributed by atoms with Crippen LogP contribution in [0.5, 0.6) is 0 Å². The molecule has 2 fully saturated rings. The first-order valence-corrected chi connectivity index (χ1v) is 11.2. The van der Waals surface area contributed by atoms with Crippen molar-refractivity contribution in [1.82, 2.24) is 19.9 Å². The van der Waals surface area contributed by atoms with Crippen molar-refractivity contribution in [1.29, 1.82) is 0 Å². The van der Waals surface area contributed by atoms with Crippen LogP contribution in [-0.2, 0) is 6.18 Å². The van der Waals surface area contributed by atoms with Gasteiger partial charge in [-0.05, 0) is 49.7 Å². The zero-order valence-corrected chi connectivity index (χ0v) is 18.9. The molecule has 3 aromatic heterocycles. The van der Waals surface area contributed by atoms with E-state index in [1.807, 2.05) is 47.9 Å². The molecule has 5 rings (SSSR count). The van der Waals surface area contributed by atoms with Gasteiger partial charge in [0.25, 0.3) is 5.91 Å². The van der Waals surface area contributed by atoms with E-state index in [-0.39, 0.29) is 17.7 Å². The van der Waals surface area contributed by atoms with E-state index < -0.39 is 11.7 Å². The van der Waals surface area contributed by atoms with Gasteiger partial charge in [-0.3, -0.25) is 9.78 Å². The molecule has 9 heteroatoms. The highest BCUT2D eigenvalue weighted by molar-refractivity contribution is 5.99. The van der Waals surface area contributed by atoms with E-state index in [2.05, 4.69) is 15.0 Å². The predicted molar refractivity (Wildman–Crippen MR) is 121 cm³/mol. The summed E-state index contributed by atoms with van der Waals surface area (Å²) >= 11 is 0. The van der Waals surface area contributed by atoms with E-state index in [4.69, 9.17) is 0 Å². The van der Waals surface area contributed by atoms with Crippen molar-refractivity contribution >= 4 is 11.7 Å². The van der Waals surface area contributed by atoms with Gasteiger partial charge in [0.2, 0.25) is 0 Å². The molecule has 0 saturated carbocycles. The molecule has 0 bridgehead atoms. The zero-order chi connectivity index (χ0) is 24.0. The number of carbonyl (C=O) groups is 1. The number of hydrogen-bond donors (Lipinski definition) is 0. The first-order valence-electron chi connectivity index (χ1n) is 11.2. The molecular weight excluding hydrogens is 443 g/mol. The molecule has 6 nitrogen and oxygen atoms in total. The van der Waals surface area contributed by atoms with Crippen molar-refractivity contribution < 1.29 is 18.0 Å². The maximum atomic E-state index is 13.5. The molecule has 0 aliphatic carbocycles. The highest BCUT2D eigenvalue weighted by Gasteiger charge is 2.43. The topological polar surface area (TPSA) is 62.2 Å². The second-order valence-corrected chi connectivity index (χ2v) is 9.06. The fourth-order valence-corrected chi connectivity index (χ4v) is 4.92. The summed E-state index contributed by atoms with van der Waals surface area (Å²) in [5.41, 5.74) is 2.86. The van der Waals surface area contributed by atoms with Crippen molar-refractivity contribution in [3.8, 4) is 11.3 Å². The van der Waals surface area contributed by atoms with Crippen molar-refractivity contribution in [2.45, 2.75) is 20.0 Å². The Kier molecular flexibility index (Phi) is 5.50. The second-order valence-electron chi connectivity index (χ2n) is 9.06. The van der Waals surface area contributed by atoms with Crippen LogP contribution >= 0.6 is 0 Å². The first kappa shape index (κ1) is 22.3. The minimum absolute atomic E-state index is 0.114. The number of fused-ring (bicyclic) bond motifs is 1. The average Bonchev–Trinajstić information content (AvgIpc) is 3.38. The quantitative estimate of drug-likeness (QED) is 0.572. The minimum Gasteiger partial charge on any atom is -0.356 e. The monoisotopic (exact) mass is 467 g/mol. The molecule has 0 radical (unpaired) electrons. The number of alkyl halides is 3. The van der Waals surface area contributed by atoms with Crippen molar-refractivity contribution in [2.24, 2.45) is 11.8 Å². The highest BCUT2D eigenvalue weighted by Crippen LogP contribution is 2.36. The van der Waals surface area contributed by atoms with Crippen molar-refractivity contribution in [2.75, 3.05) is 31.1 Å². The van der Waals surface area contributed by atoms with Crippen LogP contribution in [0.15, 0.2) is 48.8 Å². The lowest BCUT2D eigenvalue weighted by atomic mass is 10.0. The maximum Gasteiger partial charge on any atom is 0.417 e. The van der Waals surface area contributed by atoms with Crippen LogP contribution < -0.4 is 4.90 Å². The summed E-state index contributed by atoms with van der Waals surface area (Å²) in [5.74, 6) is 0.890. The van der Waals surface area contributed by atoms with Gasteiger partial charge in [0, 0.05) is 61.7 Å². The SMILES string of the molecule is Cc1ccc(-c2ncccc2C)c(C(=O)N2CC3CN(c4ccc(C(F)(F)F)cn4)CC3C2)n1. The Labute approximate surface area is 195 Å². The predicted octanol–water partition coefficient (Wildman–Crippen LogP) is 4.38. The van der Waals surface area contributed by atoms with Crippen LogP contribution in [-0.4, -0.2) is 51.9 Å². The standard InChI is InChI=1S/C25H24F3N5O/c1-15-4-3-9-29-22(15)20-7-5-16(2)31-23(20)24(34)33-13-17-11-32(12-18(17)14-33)21-8-6-19(10-30-21)25(26,27)28/h3-10,17-18H,11-14H2,1-2H3. The fraction of sp³-hybridized carbons (Fsp3) is 0.360. The Morgan fingerprint density at radius 3 is 2.32 bits per heavy atom. The molecule has 0 spiro atoms. The number of anilines is 1. The van der Waals surface area contributed by atoms with E-state index in [0.717, 1.165) is 34.8 Å². The summed E-state index contributed by atoms with van der Waals surface area (Å²) in [6.45, 7) is 6.29. The number of rotatable bonds is 3.